The first-order valence-electron chi connectivity index (χ1n) is 6.68. The van der Waals surface area contributed by atoms with Crippen LogP contribution in [0.1, 0.15) is 41.0 Å². The Balaban J connectivity index is 3.38. The van der Waals surface area contributed by atoms with Crippen molar-refractivity contribution in [3.63, 3.8) is 0 Å². The lowest BCUT2D eigenvalue weighted by atomic mass is 10.00. The Hall–Kier alpha value is -0.0800. The van der Waals surface area contributed by atoms with Gasteiger partial charge < -0.3 is 9.64 Å². The maximum atomic E-state index is 5.71. The molecule has 0 spiro atoms. The summed E-state index contributed by atoms with van der Waals surface area (Å²) in [6, 6.07) is 0. The first-order valence-corrected chi connectivity index (χ1v) is 6.68. The molecule has 2 nitrogen and oxygen atoms in total. The van der Waals surface area contributed by atoms with Gasteiger partial charge in [-0.2, -0.15) is 0 Å². The number of ether oxygens (including phenoxy) is 1. The quantitative estimate of drug-likeness (QED) is 0.563. The van der Waals surface area contributed by atoms with E-state index in [1.54, 1.807) is 0 Å². The van der Waals surface area contributed by atoms with Crippen LogP contribution in [0.3, 0.4) is 0 Å². The van der Waals surface area contributed by atoms with Gasteiger partial charge in [-0.25, -0.2) is 0 Å². The summed E-state index contributed by atoms with van der Waals surface area (Å²) in [7, 11) is 2.17. The van der Waals surface area contributed by atoms with Gasteiger partial charge in [0.05, 0.1) is 6.61 Å². The van der Waals surface area contributed by atoms with Gasteiger partial charge in [-0.1, -0.05) is 34.6 Å². The zero-order chi connectivity index (χ0) is 12.6. The van der Waals surface area contributed by atoms with Gasteiger partial charge in [-0.15, -0.1) is 0 Å². The van der Waals surface area contributed by atoms with Gasteiger partial charge in [0.25, 0.3) is 0 Å². The predicted octanol–water partition coefficient (Wildman–Crippen LogP) is 3.27. The van der Waals surface area contributed by atoms with Gasteiger partial charge in [0.2, 0.25) is 0 Å². The Morgan fingerprint density at radius 3 is 2.12 bits per heavy atom. The standard InChI is InChI=1S/C14H31NO/c1-12(2)9-14(5)11-16-8-7-15(6)10-13(3)4/h12-14H,7-11H2,1-6H3. The maximum absolute atomic E-state index is 5.71. The molecule has 0 bridgehead atoms. The van der Waals surface area contributed by atoms with Crippen LogP contribution in [0, 0.1) is 17.8 Å². The minimum Gasteiger partial charge on any atom is -0.380 e. The molecule has 0 aliphatic heterocycles. The van der Waals surface area contributed by atoms with Crippen LogP contribution >= 0.6 is 0 Å². The fourth-order valence-corrected chi connectivity index (χ4v) is 2.09. The topological polar surface area (TPSA) is 12.5 Å². The van der Waals surface area contributed by atoms with Crippen molar-refractivity contribution in [1.82, 2.24) is 4.90 Å². The van der Waals surface area contributed by atoms with Crippen LogP contribution in [0.15, 0.2) is 0 Å². The van der Waals surface area contributed by atoms with Crippen molar-refractivity contribution in [2.24, 2.45) is 17.8 Å². The van der Waals surface area contributed by atoms with E-state index in [4.69, 9.17) is 4.74 Å². The first kappa shape index (κ1) is 15.9. The van der Waals surface area contributed by atoms with Crippen molar-refractivity contribution >= 4 is 0 Å². The molecule has 0 amide bonds. The predicted molar refractivity (Wildman–Crippen MR) is 71.8 cm³/mol. The molecule has 0 aliphatic rings. The van der Waals surface area contributed by atoms with Crippen molar-refractivity contribution in [3.05, 3.63) is 0 Å². The van der Waals surface area contributed by atoms with Gasteiger partial charge in [-0.3, -0.25) is 0 Å². The van der Waals surface area contributed by atoms with Gasteiger partial charge in [0.1, 0.15) is 0 Å². The first-order chi connectivity index (χ1) is 7.41. The molecule has 0 heterocycles. The van der Waals surface area contributed by atoms with Crippen LogP contribution in [0.25, 0.3) is 0 Å². The van der Waals surface area contributed by atoms with Crippen molar-refractivity contribution in [3.8, 4) is 0 Å². The molecule has 0 saturated heterocycles. The van der Waals surface area contributed by atoms with Crippen LogP contribution in [-0.2, 0) is 4.74 Å². The van der Waals surface area contributed by atoms with E-state index in [0.29, 0.717) is 5.92 Å². The molecule has 0 fully saturated rings. The molecule has 1 unspecified atom stereocenters. The van der Waals surface area contributed by atoms with Gasteiger partial charge in [0.15, 0.2) is 0 Å². The molecule has 2 heteroatoms. The summed E-state index contributed by atoms with van der Waals surface area (Å²) in [5, 5.41) is 0. The molecule has 0 N–H and O–H groups in total. The zero-order valence-electron chi connectivity index (χ0n) is 12.1. The summed E-state index contributed by atoms with van der Waals surface area (Å²) in [4.78, 5) is 2.35. The highest BCUT2D eigenvalue weighted by Gasteiger charge is 2.06. The summed E-state index contributed by atoms with van der Waals surface area (Å²) in [6.07, 6.45) is 1.27. The van der Waals surface area contributed by atoms with E-state index in [-0.39, 0.29) is 0 Å². The molecular weight excluding hydrogens is 198 g/mol. The van der Waals surface area contributed by atoms with Gasteiger partial charge >= 0.3 is 0 Å². The molecule has 0 rings (SSSR count). The Bertz CT molecular complexity index is 139. The molecule has 0 radical (unpaired) electrons. The van der Waals surface area contributed by atoms with Crippen LogP contribution < -0.4 is 0 Å². The number of nitrogens with zero attached hydrogens (tertiary/aromatic N) is 1. The average Bonchev–Trinajstić information content (AvgIpc) is 2.10. The Morgan fingerprint density at radius 2 is 1.62 bits per heavy atom. The van der Waals surface area contributed by atoms with E-state index in [1.807, 2.05) is 0 Å². The number of hydrogen-bond donors (Lipinski definition) is 0. The lowest BCUT2D eigenvalue weighted by Crippen LogP contribution is -2.27. The minimum absolute atomic E-state index is 0.690. The molecule has 0 aliphatic carbocycles. The van der Waals surface area contributed by atoms with Crippen molar-refractivity contribution in [2.45, 2.75) is 41.0 Å². The van der Waals surface area contributed by atoms with E-state index in [9.17, 15) is 0 Å². The Labute approximate surface area is 102 Å². The smallest absolute Gasteiger partial charge is 0.0593 e. The lowest BCUT2D eigenvalue weighted by Gasteiger charge is -2.20. The SMILES string of the molecule is CC(C)CC(C)COCCN(C)CC(C)C. The van der Waals surface area contributed by atoms with Crippen LogP contribution in [0.2, 0.25) is 0 Å². The fourth-order valence-electron chi connectivity index (χ4n) is 2.09. The van der Waals surface area contributed by atoms with Crippen molar-refractivity contribution < 1.29 is 4.74 Å². The van der Waals surface area contributed by atoms with E-state index in [2.05, 4.69) is 46.6 Å². The molecule has 98 valence electrons. The summed E-state index contributed by atoms with van der Waals surface area (Å²) in [5.74, 6) is 2.21. The van der Waals surface area contributed by atoms with E-state index in [0.717, 1.165) is 38.1 Å². The van der Waals surface area contributed by atoms with E-state index < -0.39 is 0 Å². The highest BCUT2D eigenvalue weighted by Crippen LogP contribution is 2.10. The van der Waals surface area contributed by atoms with E-state index >= 15 is 0 Å². The molecule has 16 heavy (non-hydrogen) atoms. The minimum atomic E-state index is 0.690. The van der Waals surface area contributed by atoms with E-state index in [1.165, 1.54) is 6.42 Å². The van der Waals surface area contributed by atoms with Crippen molar-refractivity contribution in [1.29, 1.82) is 0 Å². The number of hydrogen-bond acceptors (Lipinski definition) is 2. The van der Waals surface area contributed by atoms with Crippen LogP contribution in [0.5, 0.6) is 0 Å². The summed E-state index contributed by atoms with van der Waals surface area (Å²) in [5.41, 5.74) is 0. The number of rotatable bonds is 9. The molecule has 1 atom stereocenters. The highest BCUT2D eigenvalue weighted by atomic mass is 16.5. The Morgan fingerprint density at radius 1 is 1.00 bits per heavy atom. The summed E-state index contributed by atoms with van der Waals surface area (Å²) < 4.78 is 5.71. The summed E-state index contributed by atoms with van der Waals surface area (Å²) in [6.45, 7) is 15.3. The fraction of sp³-hybridized carbons (Fsp3) is 1.00. The second kappa shape index (κ2) is 9.00. The molecular formula is C14H31NO. The van der Waals surface area contributed by atoms with Crippen LogP contribution in [0.4, 0.5) is 0 Å². The van der Waals surface area contributed by atoms with Gasteiger partial charge in [0, 0.05) is 19.7 Å². The van der Waals surface area contributed by atoms with Crippen LogP contribution in [-0.4, -0.2) is 38.3 Å². The maximum Gasteiger partial charge on any atom is 0.0593 e. The normalized spacial score (nSPS) is 14.1. The molecule has 0 aromatic carbocycles. The second-order valence-corrected chi connectivity index (χ2v) is 5.97. The largest absolute Gasteiger partial charge is 0.380 e. The number of likely N-dealkylation sites (N-methyl/N-ethyl adjacent to an activating group) is 1. The average molecular weight is 229 g/mol. The third-order valence-corrected chi connectivity index (χ3v) is 2.57. The Kier molecular flexibility index (Phi) is 8.96. The second-order valence-electron chi connectivity index (χ2n) is 5.97. The third kappa shape index (κ3) is 10.4. The molecule has 0 aromatic rings. The van der Waals surface area contributed by atoms with Gasteiger partial charge in [-0.05, 0) is 31.2 Å². The molecule has 0 aromatic heterocycles. The summed E-state index contributed by atoms with van der Waals surface area (Å²) >= 11 is 0. The third-order valence-electron chi connectivity index (χ3n) is 2.57. The van der Waals surface area contributed by atoms with Crippen molar-refractivity contribution in [2.75, 3.05) is 33.4 Å². The zero-order valence-corrected chi connectivity index (χ0v) is 12.1. The highest BCUT2D eigenvalue weighted by molar-refractivity contribution is 4.56. The monoisotopic (exact) mass is 229 g/mol. The lowest BCUT2D eigenvalue weighted by molar-refractivity contribution is 0.0797. The molecule has 0 saturated carbocycles.